The topological polar surface area (TPSA) is 49.4 Å². The third-order valence-electron chi connectivity index (χ3n) is 2.44. The summed E-state index contributed by atoms with van der Waals surface area (Å²) in [4.78, 5) is 1.82. The normalized spacial score (nSPS) is 11.3. The molecular weight excluding hydrogens is 304 g/mol. The Labute approximate surface area is 121 Å². The smallest absolute Gasteiger partial charge is 0.271 e. The lowest BCUT2D eigenvalue weighted by Gasteiger charge is -2.18. The number of thiophene rings is 1. The maximum absolute atomic E-state index is 12.2. The summed E-state index contributed by atoms with van der Waals surface area (Å²) in [6.45, 7) is 0. The van der Waals surface area contributed by atoms with Crippen molar-refractivity contribution in [3.05, 3.63) is 40.7 Å². The van der Waals surface area contributed by atoms with Crippen molar-refractivity contribution in [1.29, 1.82) is 0 Å². The molecule has 0 fully saturated rings. The Hall–Kier alpha value is -1.24. The molecule has 2 rings (SSSR count). The predicted molar refractivity (Wildman–Crippen MR) is 80.9 cm³/mol. The molecule has 0 aliphatic rings. The van der Waals surface area contributed by atoms with Crippen LogP contribution in [0.5, 0.6) is 0 Å². The minimum atomic E-state index is -3.56. The quantitative estimate of drug-likeness (QED) is 0.941. The van der Waals surface area contributed by atoms with Gasteiger partial charge in [-0.1, -0.05) is 17.7 Å². The first-order chi connectivity index (χ1) is 8.90. The van der Waals surface area contributed by atoms with Gasteiger partial charge in [0.2, 0.25) is 0 Å². The van der Waals surface area contributed by atoms with E-state index in [1.807, 2.05) is 19.0 Å². The van der Waals surface area contributed by atoms with E-state index in [1.165, 1.54) is 11.3 Å². The van der Waals surface area contributed by atoms with Gasteiger partial charge in [0.1, 0.15) is 4.21 Å². The Balaban J connectivity index is 2.41. The van der Waals surface area contributed by atoms with Gasteiger partial charge in [0.05, 0.1) is 11.4 Å². The molecule has 4 nitrogen and oxygen atoms in total. The van der Waals surface area contributed by atoms with Crippen molar-refractivity contribution < 1.29 is 8.42 Å². The van der Waals surface area contributed by atoms with Gasteiger partial charge in [-0.05, 0) is 29.6 Å². The SMILES string of the molecule is CN(C)c1ccc(Cl)cc1NS(=O)(=O)c1cccs1. The number of rotatable bonds is 4. The number of hydrogen-bond donors (Lipinski definition) is 1. The van der Waals surface area contributed by atoms with Crippen molar-refractivity contribution in [3.63, 3.8) is 0 Å². The van der Waals surface area contributed by atoms with Crippen LogP contribution in [0.25, 0.3) is 0 Å². The van der Waals surface area contributed by atoms with E-state index in [-0.39, 0.29) is 4.21 Å². The molecule has 0 spiro atoms. The van der Waals surface area contributed by atoms with E-state index in [0.29, 0.717) is 10.7 Å². The van der Waals surface area contributed by atoms with Crippen molar-refractivity contribution in [3.8, 4) is 0 Å². The van der Waals surface area contributed by atoms with E-state index in [0.717, 1.165) is 5.69 Å². The van der Waals surface area contributed by atoms with Crippen LogP contribution in [-0.2, 0) is 10.0 Å². The molecule has 1 heterocycles. The van der Waals surface area contributed by atoms with Gasteiger partial charge in [-0.15, -0.1) is 11.3 Å². The molecule has 0 radical (unpaired) electrons. The van der Waals surface area contributed by atoms with Crippen LogP contribution >= 0.6 is 22.9 Å². The third-order valence-corrected chi connectivity index (χ3v) is 5.44. The van der Waals surface area contributed by atoms with E-state index < -0.39 is 10.0 Å². The van der Waals surface area contributed by atoms with Gasteiger partial charge in [-0.3, -0.25) is 4.72 Å². The van der Waals surface area contributed by atoms with Crippen molar-refractivity contribution in [2.24, 2.45) is 0 Å². The van der Waals surface area contributed by atoms with Gasteiger partial charge in [-0.2, -0.15) is 0 Å². The summed E-state index contributed by atoms with van der Waals surface area (Å²) < 4.78 is 27.2. The summed E-state index contributed by atoms with van der Waals surface area (Å²) in [5.41, 5.74) is 1.22. The molecule has 1 N–H and O–H groups in total. The monoisotopic (exact) mass is 316 g/mol. The molecule has 0 aliphatic heterocycles. The zero-order valence-electron chi connectivity index (χ0n) is 10.4. The standard InChI is InChI=1S/C12H13ClN2O2S2/c1-15(2)11-6-5-9(13)8-10(11)14-19(16,17)12-4-3-7-18-12/h3-8,14H,1-2H3. The summed E-state index contributed by atoms with van der Waals surface area (Å²) in [6, 6.07) is 8.35. The van der Waals surface area contributed by atoms with Gasteiger partial charge in [0.15, 0.2) is 0 Å². The van der Waals surface area contributed by atoms with E-state index in [2.05, 4.69) is 4.72 Å². The van der Waals surface area contributed by atoms with Crippen LogP contribution in [0.4, 0.5) is 11.4 Å². The number of hydrogen-bond acceptors (Lipinski definition) is 4. The van der Waals surface area contributed by atoms with Crippen LogP contribution in [0.2, 0.25) is 5.02 Å². The van der Waals surface area contributed by atoms with Crippen LogP contribution in [0.3, 0.4) is 0 Å². The zero-order chi connectivity index (χ0) is 14.0. The molecule has 0 saturated heterocycles. The molecule has 0 aliphatic carbocycles. The highest BCUT2D eigenvalue weighted by molar-refractivity contribution is 7.94. The Bertz CT molecular complexity index is 667. The lowest BCUT2D eigenvalue weighted by Crippen LogP contribution is -2.16. The highest BCUT2D eigenvalue weighted by Crippen LogP contribution is 2.30. The minimum Gasteiger partial charge on any atom is -0.376 e. The van der Waals surface area contributed by atoms with E-state index in [1.54, 1.807) is 35.7 Å². The van der Waals surface area contributed by atoms with E-state index in [4.69, 9.17) is 11.6 Å². The molecule has 19 heavy (non-hydrogen) atoms. The summed E-state index contributed by atoms with van der Waals surface area (Å²) in [6.07, 6.45) is 0. The Morgan fingerprint density at radius 3 is 2.58 bits per heavy atom. The number of benzene rings is 1. The zero-order valence-corrected chi connectivity index (χ0v) is 12.8. The number of halogens is 1. The second-order valence-electron chi connectivity index (χ2n) is 4.09. The summed E-state index contributed by atoms with van der Waals surface area (Å²) in [7, 11) is 0.119. The molecule has 0 bridgehead atoms. The van der Waals surface area contributed by atoms with E-state index >= 15 is 0 Å². The molecule has 0 amide bonds. The molecule has 0 atom stereocenters. The minimum absolute atomic E-state index is 0.275. The largest absolute Gasteiger partial charge is 0.376 e. The molecule has 1 aromatic heterocycles. The van der Waals surface area contributed by atoms with Gasteiger partial charge >= 0.3 is 0 Å². The predicted octanol–water partition coefficient (Wildman–Crippen LogP) is 3.27. The Morgan fingerprint density at radius 1 is 1.26 bits per heavy atom. The molecule has 2 aromatic rings. The van der Waals surface area contributed by atoms with Gasteiger partial charge in [-0.25, -0.2) is 8.42 Å². The summed E-state index contributed by atoms with van der Waals surface area (Å²) in [5.74, 6) is 0. The lowest BCUT2D eigenvalue weighted by molar-refractivity contribution is 0.603. The number of nitrogens with zero attached hydrogens (tertiary/aromatic N) is 1. The van der Waals surface area contributed by atoms with Crippen molar-refractivity contribution >= 4 is 44.3 Å². The third kappa shape index (κ3) is 3.20. The highest BCUT2D eigenvalue weighted by Gasteiger charge is 2.17. The fraction of sp³-hybridized carbons (Fsp3) is 0.167. The lowest BCUT2D eigenvalue weighted by atomic mass is 10.2. The molecule has 102 valence electrons. The maximum atomic E-state index is 12.2. The van der Waals surface area contributed by atoms with Gasteiger partial charge < -0.3 is 4.90 Å². The Kier molecular flexibility index (Phi) is 4.03. The van der Waals surface area contributed by atoms with Crippen molar-refractivity contribution in [2.45, 2.75) is 4.21 Å². The summed E-state index contributed by atoms with van der Waals surface area (Å²) in [5, 5.41) is 2.20. The number of anilines is 2. The fourth-order valence-electron chi connectivity index (χ4n) is 1.59. The van der Waals surface area contributed by atoms with Gasteiger partial charge in [0.25, 0.3) is 10.0 Å². The second-order valence-corrected chi connectivity index (χ2v) is 7.39. The first kappa shape index (κ1) is 14.2. The van der Waals surface area contributed by atoms with Crippen LogP contribution in [0.15, 0.2) is 39.9 Å². The molecular formula is C12H13ClN2O2S2. The highest BCUT2D eigenvalue weighted by atomic mass is 35.5. The fourth-order valence-corrected chi connectivity index (χ4v) is 3.82. The van der Waals surface area contributed by atoms with Crippen LogP contribution in [0.1, 0.15) is 0 Å². The molecule has 0 saturated carbocycles. The average molecular weight is 317 g/mol. The average Bonchev–Trinajstić information content (AvgIpc) is 2.81. The Morgan fingerprint density at radius 2 is 2.00 bits per heavy atom. The molecule has 0 unspecified atom stereocenters. The first-order valence-corrected chi connectivity index (χ1v) is 8.17. The first-order valence-electron chi connectivity index (χ1n) is 5.43. The van der Waals surface area contributed by atoms with Crippen molar-refractivity contribution in [1.82, 2.24) is 0 Å². The van der Waals surface area contributed by atoms with Crippen LogP contribution < -0.4 is 9.62 Å². The van der Waals surface area contributed by atoms with Gasteiger partial charge in [0, 0.05) is 19.1 Å². The second kappa shape index (κ2) is 5.40. The summed E-state index contributed by atoms with van der Waals surface area (Å²) >= 11 is 7.10. The van der Waals surface area contributed by atoms with E-state index in [9.17, 15) is 8.42 Å². The molecule has 7 heteroatoms. The maximum Gasteiger partial charge on any atom is 0.271 e. The number of sulfonamides is 1. The van der Waals surface area contributed by atoms with Crippen LogP contribution in [-0.4, -0.2) is 22.5 Å². The van der Waals surface area contributed by atoms with Crippen LogP contribution in [0, 0.1) is 0 Å². The number of nitrogens with one attached hydrogen (secondary N) is 1. The molecule has 1 aromatic carbocycles. The van der Waals surface area contributed by atoms with Crippen molar-refractivity contribution in [2.75, 3.05) is 23.7 Å².